The van der Waals surface area contributed by atoms with Crippen LogP contribution in [0.15, 0.2) is 48.1 Å². The molecule has 0 aliphatic heterocycles. The lowest BCUT2D eigenvalue weighted by Crippen LogP contribution is -2.24. The molecular formula is C15H14N4S2. The fraction of sp³-hybridized carbons (Fsp3) is 0.133. The minimum Gasteiger partial charge on any atom is -0.393 e. The fourth-order valence-corrected chi connectivity index (χ4v) is 3.09. The summed E-state index contributed by atoms with van der Waals surface area (Å²) in [7, 11) is 0. The van der Waals surface area contributed by atoms with Crippen molar-refractivity contribution in [3.05, 3.63) is 48.1 Å². The van der Waals surface area contributed by atoms with Gasteiger partial charge in [-0.2, -0.15) is 0 Å². The summed E-state index contributed by atoms with van der Waals surface area (Å²) >= 11 is 6.65. The zero-order valence-electron chi connectivity index (χ0n) is 11.3. The summed E-state index contributed by atoms with van der Waals surface area (Å²) in [5, 5.41) is 2.03. The Labute approximate surface area is 132 Å². The van der Waals surface area contributed by atoms with Gasteiger partial charge >= 0.3 is 0 Å². The van der Waals surface area contributed by atoms with Crippen LogP contribution in [0.5, 0.6) is 0 Å². The average Bonchev–Trinajstić information content (AvgIpc) is 2.97. The molecule has 0 radical (unpaired) electrons. The van der Waals surface area contributed by atoms with Gasteiger partial charge in [0.05, 0.1) is 15.2 Å². The molecule has 0 saturated heterocycles. The first kappa shape index (κ1) is 13.9. The first-order valence-corrected chi connectivity index (χ1v) is 7.83. The van der Waals surface area contributed by atoms with E-state index in [4.69, 9.17) is 18.0 Å². The van der Waals surface area contributed by atoms with Crippen LogP contribution in [0.1, 0.15) is 6.42 Å². The van der Waals surface area contributed by atoms with E-state index < -0.39 is 0 Å². The molecule has 6 heteroatoms. The van der Waals surface area contributed by atoms with Gasteiger partial charge in [-0.1, -0.05) is 30.4 Å². The topological polar surface area (TPSA) is 55.0 Å². The summed E-state index contributed by atoms with van der Waals surface area (Å²) < 4.78 is 1.07. The maximum Gasteiger partial charge on any atom is 0.154 e. The third kappa shape index (κ3) is 3.01. The third-order valence-electron chi connectivity index (χ3n) is 3.13. The number of nitrogens with two attached hydrogens (primary N) is 1. The number of anilines is 2. The van der Waals surface area contributed by atoms with E-state index in [0.29, 0.717) is 18.0 Å². The Bertz CT molecular complexity index is 754. The molecule has 0 fully saturated rings. The van der Waals surface area contributed by atoms with Gasteiger partial charge < -0.3 is 10.6 Å². The Morgan fingerprint density at radius 3 is 2.76 bits per heavy atom. The highest BCUT2D eigenvalue weighted by Gasteiger charge is 2.15. The number of fused-ring (bicyclic) bond motifs is 1. The van der Waals surface area contributed by atoms with Gasteiger partial charge in [-0.3, -0.25) is 0 Å². The molecule has 0 aliphatic carbocycles. The standard InChI is InChI=1S/C15H14N4S2/c16-13(20)6-8-19(11-4-2-1-3-5-11)15-14-12(7-9-21-14)17-10-18-15/h1-5,7,9-10H,6,8H2,(H2,16,20). The predicted octanol–water partition coefficient (Wildman–Crippen LogP) is 3.51. The molecule has 3 rings (SSSR count). The van der Waals surface area contributed by atoms with Crippen LogP contribution >= 0.6 is 23.6 Å². The molecule has 1 aromatic carbocycles. The summed E-state index contributed by atoms with van der Waals surface area (Å²) in [5.41, 5.74) is 7.70. The summed E-state index contributed by atoms with van der Waals surface area (Å²) in [4.78, 5) is 11.4. The van der Waals surface area contributed by atoms with E-state index in [-0.39, 0.29) is 0 Å². The first-order valence-electron chi connectivity index (χ1n) is 6.55. The van der Waals surface area contributed by atoms with Gasteiger partial charge in [0, 0.05) is 18.7 Å². The van der Waals surface area contributed by atoms with Crippen molar-refractivity contribution in [3.8, 4) is 0 Å². The summed E-state index contributed by atoms with van der Waals surface area (Å²) in [5.74, 6) is 0.900. The molecular weight excluding hydrogens is 300 g/mol. The second kappa shape index (κ2) is 6.15. The number of benzene rings is 1. The molecule has 2 heterocycles. The van der Waals surface area contributed by atoms with Crippen LogP contribution in [0.25, 0.3) is 10.2 Å². The minimum atomic E-state index is 0.507. The zero-order valence-corrected chi connectivity index (χ0v) is 12.9. The van der Waals surface area contributed by atoms with Crippen LogP contribution in [-0.4, -0.2) is 21.5 Å². The van der Waals surface area contributed by atoms with Crippen molar-refractivity contribution in [2.24, 2.45) is 5.73 Å². The predicted molar refractivity (Wildman–Crippen MR) is 92.3 cm³/mol. The molecule has 0 atom stereocenters. The molecule has 0 spiro atoms. The maximum atomic E-state index is 5.66. The molecule has 106 valence electrons. The Morgan fingerprint density at radius 1 is 1.19 bits per heavy atom. The molecule has 21 heavy (non-hydrogen) atoms. The number of thiophene rings is 1. The van der Waals surface area contributed by atoms with Gasteiger partial charge in [-0.05, 0) is 23.6 Å². The Kier molecular flexibility index (Phi) is 4.08. The van der Waals surface area contributed by atoms with Crippen molar-refractivity contribution in [2.75, 3.05) is 11.4 Å². The van der Waals surface area contributed by atoms with Gasteiger partial charge in [0.2, 0.25) is 0 Å². The second-order valence-corrected chi connectivity index (χ2v) is 5.98. The lowest BCUT2D eigenvalue weighted by atomic mass is 10.2. The van der Waals surface area contributed by atoms with E-state index in [9.17, 15) is 0 Å². The van der Waals surface area contributed by atoms with Gasteiger partial charge in [0.25, 0.3) is 0 Å². The van der Waals surface area contributed by atoms with Crippen LogP contribution in [0.4, 0.5) is 11.5 Å². The van der Waals surface area contributed by atoms with E-state index in [1.165, 1.54) is 0 Å². The van der Waals surface area contributed by atoms with Gasteiger partial charge in [-0.15, -0.1) is 11.3 Å². The summed E-state index contributed by atoms with van der Waals surface area (Å²) in [6.45, 7) is 0.698. The minimum absolute atomic E-state index is 0.507. The van der Waals surface area contributed by atoms with Crippen LogP contribution in [0.2, 0.25) is 0 Å². The number of para-hydroxylation sites is 1. The Hall–Kier alpha value is -2.05. The lowest BCUT2D eigenvalue weighted by Gasteiger charge is -2.24. The smallest absolute Gasteiger partial charge is 0.154 e. The van der Waals surface area contributed by atoms with E-state index in [2.05, 4.69) is 27.0 Å². The largest absolute Gasteiger partial charge is 0.393 e. The van der Waals surface area contributed by atoms with Crippen molar-refractivity contribution in [2.45, 2.75) is 6.42 Å². The highest BCUT2D eigenvalue weighted by molar-refractivity contribution is 7.80. The first-order chi connectivity index (χ1) is 10.3. The highest BCUT2D eigenvalue weighted by Crippen LogP contribution is 2.32. The molecule has 0 unspecified atom stereocenters. The number of rotatable bonds is 5. The van der Waals surface area contributed by atoms with Gasteiger partial charge in [-0.25, -0.2) is 9.97 Å². The van der Waals surface area contributed by atoms with Crippen LogP contribution < -0.4 is 10.6 Å². The monoisotopic (exact) mass is 314 g/mol. The summed E-state index contributed by atoms with van der Waals surface area (Å²) in [6, 6.07) is 12.1. The fourth-order valence-electron chi connectivity index (χ4n) is 2.16. The number of aromatic nitrogens is 2. The number of thiocarbonyl (C=S) groups is 1. The highest BCUT2D eigenvalue weighted by atomic mass is 32.1. The SMILES string of the molecule is NC(=S)CCN(c1ccccc1)c1ncnc2ccsc12. The second-order valence-electron chi connectivity index (χ2n) is 4.54. The molecule has 0 amide bonds. The van der Waals surface area contributed by atoms with E-state index >= 15 is 0 Å². The maximum absolute atomic E-state index is 5.66. The number of hydrogen-bond acceptors (Lipinski definition) is 5. The molecule has 0 aliphatic rings. The van der Waals surface area contributed by atoms with Crippen molar-refractivity contribution in [3.63, 3.8) is 0 Å². The third-order valence-corrected chi connectivity index (χ3v) is 4.23. The van der Waals surface area contributed by atoms with Gasteiger partial charge in [0.15, 0.2) is 5.82 Å². The molecule has 2 N–H and O–H groups in total. The molecule has 4 nitrogen and oxygen atoms in total. The van der Waals surface area contributed by atoms with E-state index in [1.54, 1.807) is 17.7 Å². The number of nitrogens with zero attached hydrogens (tertiary/aromatic N) is 3. The van der Waals surface area contributed by atoms with E-state index in [0.717, 1.165) is 21.7 Å². The Balaban J connectivity index is 2.06. The number of hydrogen-bond donors (Lipinski definition) is 1. The van der Waals surface area contributed by atoms with Crippen molar-refractivity contribution in [1.29, 1.82) is 0 Å². The normalized spacial score (nSPS) is 10.7. The van der Waals surface area contributed by atoms with Crippen LogP contribution in [0, 0.1) is 0 Å². The quantitative estimate of drug-likeness (QED) is 0.730. The Morgan fingerprint density at radius 2 is 2.00 bits per heavy atom. The molecule has 2 aromatic heterocycles. The average molecular weight is 314 g/mol. The summed E-state index contributed by atoms with van der Waals surface area (Å²) in [6.07, 6.45) is 2.24. The lowest BCUT2D eigenvalue weighted by molar-refractivity contribution is 0.946. The molecule has 0 saturated carbocycles. The molecule has 3 aromatic rings. The van der Waals surface area contributed by atoms with Crippen molar-refractivity contribution < 1.29 is 0 Å². The van der Waals surface area contributed by atoms with Crippen LogP contribution in [-0.2, 0) is 0 Å². The molecule has 0 bridgehead atoms. The van der Waals surface area contributed by atoms with E-state index in [1.807, 2.05) is 29.6 Å². The zero-order chi connectivity index (χ0) is 14.7. The van der Waals surface area contributed by atoms with Crippen molar-refractivity contribution >= 4 is 50.3 Å². The van der Waals surface area contributed by atoms with Crippen LogP contribution in [0.3, 0.4) is 0 Å². The van der Waals surface area contributed by atoms with Crippen molar-refractivity contribution in [1.82, 2.24) is 9.97 Å². The van der Waals surface area contributed by atoms with Gasteiger partial charge in [0.1, 0.15) is 6.33 Å².